The molecule has 0 radical (unpaired) electrons. The van der Waals surface area contributed by atoms with Crippen molar-refractivity contribution in [1.29, 1.82) is 0 Å². The molecule has 13 heavy (non-hydrogen) atoms. The van der Waals surface area contributed by atoms with Crippen molar-refractivity contribution >= 4 is 0 Å². The summed E-state index contributed by atoms with van der Waals surface area (Å²) in [6, 6.07) is 0. The van der Waals surface area contributed by atoms with Gasteiger partial charge < -0.3 is 9.67 Å². The molecule has 0 unspecified atom stereocenters. The van der Waals surface area contributed by atoms with Gasteiger partial charge in [-0.3, -0.25) is 0 Å². The topological polar surface area (TPSA) is 38.0 Å². The van der Waals surface area contributed by atoms with Gasteiger partial charge in [0.25, 0.3) is 0 Å². The standard InChI is InChI=1S/C10H16N2O/c1-3-12-7(2)9(6-13)11-10(12)8-4-5-8/h8,13H,3-6H2,1-2H3. The van der Waals surface area contributed by atoms with E-state index in [1.165, 1.54) is 18.7 Å². The van der Waals surface area contributed by atoms with Crippen molar-refractivity contribution in [2.45, 2.75) is 45.8 Å². The number of imidazole rings is 1. The molecule has 1 N–H and O–H groups in total. The van der Waals surface area contributed by atoms with Gasteiger partial charge in [0.1, 0.15) is 5.82 Å². The van der Waals surface area contributed by atoms with Gasteiger partial charge in [-0.05, 0) is 26.7 Å². The molecule has 1 aromatic rings. The van der Waals surface area contributed by atoms with Gasteiger partial charge in [0, 0.05) is 18.2 Å². The first-order chi connectivity index (χ1) is 6.27. The number of rotatable bonds is 3. The van der Waals surface area contributed by atoms with E-state index in [0.717, 1.165) is 17.9 Å². The van der Waals surface area contributed by atoms with E-state index in [1.54, 1.807) is 0 Å². The molecule has 1 aliphatic carbocycles. The fraction of sp³-hybridized carbons (Fsp3) is 0.700. The molecule has 3 heteroatoms. The lowest BCUT2D eigenvalue weighted by molar-refractivity contribution is 0.276. The van der Waals surface area contributed by atoms with Crippen LogP contribution in [0.5, 0.6) is 0 Å². The Bertz CT molecular complexity index is 313. The Labute approximate surface area is 78.4 Å². The average Bonchev–Trinajstić information content (AvgIpc) is 2.91. The Morgan fingerprint density at radius 1 is 1.54 bits per heavy atom. The number of aliphatic hydroxyl groups is 1. The zero-order chi connectivity index (χ0) is 9.42. The Kier molecular flexibility index (Phi) is 2.12. The van der Waals surface area contributed by atoms with Crippen molar-refractivity contribution in [3.05, 3.63) is 17.2 Å². The quantitative estimate of drug-likeness (QED) is 0.767. The van der Waals surface area contributed by atoms with Gasteiger partial charge in [-0.15, -0.1) is 0 Å². The fourth-order valence-electron chi connectivity index (χ4n) is 1.81. The molecule has 0 saturated heterocycles. The van der Waals surface area contributed by atoms with Gasteiger partial charge in [-0.1, -0.05) is 0 Å². The summed E-state index contributed by atoms with van der Waals surface area (Å²) in [5.74, 6) is 1.85. The lowest BCUT2D eigenvalue weighted by Gasteiger charge is -2.04. The predicted molar refractivity (Wildman–Crippen MR) is 50.5 cm³/mol. The zero-order valence-corrected chi connectivity index (χ0v) is 8.25. The molecule has 0 aromatic carbocycles. The average molecular weight is 180 g/mol. The van der Waals surface area contributed by atoms with Crippen LogP contribution in [0.15, 0.2) is 0 Å². The van der Waals surface area contributed by atoms with Gasteiger partial charge >= 0.3 is 0 Å². The third-order valence-electron chi connectivity index (χ3n) is 2.76. The summed E-state index contributed by atoms with van der Waals surface area (Å²) in [6.45, 7) is 5.19. The van der Waals surface area contributed by atoms with Crippen molar-refractivity contribution in [3.8, 4) is 0 Å². The van der Waals surface area contributed by atoms with E-state index >= 15 is 0 Å². The maximum absolute atomic E-state index is 9.08. The molecule has 1 saturated carbocycles. The Balaban J connectivity index is 2.42. The largest absolute Gasteiger partial charge is 0.390 e. The van der Waals surface area contributed by atoms with Gasteiger partial charge in [-0.25, -0.2) is 4.98 Å². The van der Waals surface area contributed by atoms with Gasteiger partial charge in [-0.2, -0.15) is 0 Å². The second-order valence-electron chi connectivity index (χ2n) is 3.68. The van der Waals surface area contributed by atoms with E-state index < -0.39 is 0 Å². The maximum Gasteiger partial charge on any atom is 0.112 e. The van der Waals surface area contributed by atoms with Crippen molar-refractivity contribution in [2.75, 3.05) is 0 Å². The fourth-order valence-corrected chi connectivity index (χ4v) is 1.81. The van der Waals surface area contributed by atoms with Crippen LogP contribution in [0.3, 0.4) is 0 Å². The van der Waals surface area contributed by atoms with Crippen LogP contribution in [0.1, 0.15) is 42.9 Å². The molecule has 2 rings (SSSR count). The molecule has 1 aliphatic rings. The Morgan fingerprint density at radius 3 is 2.69 bits per heavy atom. The molecular weight excluding hydrogens is 164 g/mol. The number of hydrogen-bond donors (Lipinski definition) is 1. The second-order valence-corrected chi connectivity index (χ2v) is 3.68. The van der Waals surface area contributed by atoms with E-state index in [-0.39, 0.29) is 6.61 Å². The van der Waals surface area contributed by atoms with Crippen molar-refractivity contribution in [3.63, 3.8) is 0 Å². The highest BCUT2D eigenvalue weighted by Gasteiger charge is 2.29. The minimum absolute atomic E-state index is 0.0680. The molecule has 1 aromatic heterocycles. The van der Waals surface area contributed by atoms with Crippen molar-refractivity contribution in [2.24, 2.45) is 0 Å². The Hall–Kier alpha value is -0.830. The maximum atomic E-state index is 9.08. The molecule has 3 nitrogen and oxygen atoms in total. The lowest BCUT2D eigenvalue weighted by atomic mass is 10.3. The van der Waals surface area contributed by atoms with Crippen LogP contribution in [0.2, 0.25) is 0 Å². The van der Waals surface area contributed by atoms with E-state index in [2.05, 4.69) is 16.5 Å². The molecule has 72 valence electrons. The molecule has 0 atom stereocenters. The molecule has 0 amide bonds. The summed E-state index contributed by atoms with van der Waals surface area (Å²) >= 11 is 0. The summed E-state index contributed by atoms with van der Waals surface area (Å²) in [5.41, 5.74) is 1.98. The van der Waals surface area contributed by atoms with E-state index in [0.29, 0.717) is 5.92 Å². The number of aliphatic hydroxyl groups excluding tert-OH is 1. The minimum Gasteiger partial charge on any atom is -0.390 e. The Morgan fingerprint density at radius 2 is 2.23 bits per heavy atom. The van der Waals surface area contributed by atoms with Gasteiger partial charge in [0.15, 0.2) is 0 Å². The number of nitrogens with zero attached hydrogens (tertiary/aromatic N) is 2. The summed E-state index contributed by atoms with van der Waals surface area (Å²) in [6.07, 6.45) is 2.53. The zero-order valence-electron chi connectivity index (χ0n) is 8.25. The molecule has 0 bridgehead atoms. The lowest BCUT2D eigenvalue weighted by Crippen LogP contribution is -2.02. The summed E-state index contributed by atoms with van der Waals surface area (Å²) in [4.78, 5) is 4.47. The highest BCUT2D eigenvalue weighted by molar-refractivity contribution is 5.20. The summed E-state index contributed by atoms with van der Waals surface area (Å²) in [7, 11) is 0. The van der Waals surface area contributed by atoms with E-state index in [1.807, 2.05) is 6.92 Å². The van der Waals surface area contributed by atoms with Crippen molar-refractivity contribution in [1.82, 2.24) is 9.55 Å². The normalized spacial score (nSPS) is 16.5. The summed E-state index contributed by atoms with van der Waals surface area (Å²) < 4.78 is 2.23. The highest BCUT2D eigenvalue weighted by Crippen LogP contribution is 2.40. The third-order valence-corrected chi connectivity index (χ3v) is 2.76. The van der Waals surface area contributed by atoms with Crippen LogP contribution < -0.4 is 0 Å². The van der Waals surface area contributed by atoms with Crippen LogP contribution in [0.4, 0.5) is 0 Å². The number of hydrogen-bond acceptors (Lipinski definition) is 2. The van der Waals surface area contributed by atoms with E-state index in [4.69, 9.17) is 5.11 Å². The first kappa shape index (κ1) is 8.75. The van der Waals surface area contributed by atoms with Gasteiger partial charge in [0.2, 0.25) is 0 Å². The first-order valence-electron chi connectivity index (χ1n) is 4.94. The summed E-state index contributed by atoms with van der Waals surface area (Å²) in [5, 5.41) is 9.08. The SMILES string of the molecule is CCn1c(C2CC2)nc(CO)c1C. The highest BCUT2D eigenvalue weighted by atomic mass is 16.3. The van der Waals surface area contributed by atoms with Crippen LogP contribution in [0, 0.1) is 6.92 Å². The van der Waals surface area contributed by atoms with E-state index in [9.17, 15) is 0 Å². The minimum atomic E-state index is 0.0680. The predicted octanol–water partition coefficient (Wildman–Crippen LogP) is 1.58. The monoisotopic (exact) mass is 180 g/mol. The van der Waals surface area contributed by atoms with Crippen LogP contribution >= 0.6 is 0 Å². The second kappa shape index (κ2) is 3.14. The van der Waals surface area contributed by atoms with Gasteiger partial charge in [0.05, 0.1) is 12.3 Å². The van der Waals surface area contributed by atoms with Crippen LogP contribution in [0.25, 0.3) is 0 Å². The molecule has 0 spiro atoms. The van der Waals surface area contributed by atoms with Crippen LogP contribution in [-0.4, -0.2) is 14.7 Å². The number of aromatic nitrogens is 2. The molecule has 1 heterocycles. The van der Waals surface area contributed by atoms with Crippen LogP contribution in [-0.2, 0) is 13.2 Å². The molecular formula is C10H16N2O. The smallest absolute Gasteiger partial charge is 0.112 e. The molecule has 0 aliphatic heterocycles. The first-order valence-corrected chi connectivity index (χ1v) is 4.94. The van der Waals surface area contributed by atoms with Crippen molar-refractivity contribution < 1.29 is 5.11 Å². The third kappa shape index (κ3) is 1.37. The molecule has 1 fully saturated rings.